The average Bonchev–Trinajstić information content (AvgIpc) is 2.94. The van der Waals surface area contributed by atoms with Gasteiger partial charge in [0.05, 0.1) is 11.9 Å². The standard InChI is InChI=1S/C20H22FN3OS/c1-12-7-8-14-16(9-12)26-20-18(14)19(25)22-17(23-20)11-24(2)10-13-5-3-4-6-15(13)21/h3-6,12H,7-11H2,1-2H3,(H,22,23,25). The molecule has 136 valence electrons. The molecule has 1 unspecified atom stereocenters. The lowest BCUT2D eigenvalue weighted by Gasteiger charge is -2.17. The van der Waals surface area contributed by atoms with Crippen molar-refractivity contribution in [3.05, 3.63) is 62.3 Å². The van der Waals surface area contributed by atoms with Gasteiger partial charge in [0.1, 0.15) is 16.5 Å². The predicted molar refractivity (Wildman–Crippen MR) is 103 cm³/mol. The Labute approximate surface area is 155 Å². The van der Waals surface area contributed by atoms with E-state index in [1.165, 1.54) is 16.5 Å². The van der Waals surface area contributed by atoms with Crippen molar-refractivity contribution in [1.29, 1.82) is 0 Å². The normalized spacial score (nSPS) is 17.0. The SMILES string of the molecule is CC1CCc2c(sc3nc(CN(C)Cc4ccccc4F)[nH]c(=O)c23)C1. The number of fused-ring (bicyclic) bond motifs is 3. The van der Waals surface area contributed by atoms with Crippen molar-refractivity contribution in [2.45, 2.75) is 39.3 Å². The lowest BCUT2D eigenvalue weighted by molar-refractivity contribution is 0.305. The molecule has 0 amide bonds. The number of nitrogens with one attached hydrogen (secondary N) is 1. The zero-order valence-corrected chi connectivity index (χ0v) is 15.8. The Morgan fingerprint density at radius 1 is 1.35 bits per heavy atom. The minimum atomic E-state index is -0.212. The first-order valence-electron chi connectivity index (χ1n) is 8.96. The highest BCUT2D eigenvalue weighted by Gasteiger charge is 2.23. The number of rotatable bonds is 4. The van der Waals surface area contributed by atoms with Crippen LogP contribution in [0.5, 0.6) is 0 Å². The van der Waals surface area contributed by atoms with Crippen LogP contribution >= 0.6 is 11.3 Å². The molecule has 2 aromatic heterocycles. The van der Waals surface area contributed by atoms with E-state index in [-0.39, 0.29) is 11.4 Å². The zero-order chi connectivity index (χ0) is 18.3. The van der Waals surface area contributed by atoms with Crippen LogP contribution in [0, 0.1) is 11.7 Å². The molecule has 0 bridgehead atoms. The van der Waals surface area contributed by atoms with Crippen molar-refractivity contribution in [1.82, 2.24) is 14.9 Å². The van der Waals surface area contributed by atoms with Gasteiger partial charge < -0.3 is 4.98 Å². The van der Waals surface area contributed by atoms with Gasteiger partial charge in [-0.05, 0) is 43.9 Å². The van der Waals surface area contributed by atoms with E-state index in [1.807, 2.05) is 18.0 Å². The summed E-state index contributed by atoms with van der Waals surface area (Å²) in [5.41, 5.74) is 1.79. The van der Waals surface area contributed by atoms with Crippen LogP contribution in [-0.4, -0.2) is 21.9 Å². The van der Waals surface area contributed by atoms with Gasteiger partial charge in [0.2, 0.25) is 0 Å². The van der Waals surface area contributed by atoms with E-state index in [0.717, 1.165) is 29.5 Å². The topological polar surface area (TPSA) is 49.0 Å². The van der Waals surface area contributed by atoms with Gasteiger partial charge in [-0.1, -0.05) is 25.1 Å². The Morgan fingerprint density at radius 3 is 2.96 bits per heavy atom. The lowest BCUT2D eigenvalue weighted by atomic mass is 9.89. The fourth-order valence-corrected chi connectivity index (χ4v) is 5.10. The van der Waals surface area contributed by atoms with E-state index in [0.29, 0.717) is 30.4 Å². The summed E-state index contributed by atoms with van der Waals surface area (Å²) in [6.07, 6.45) is 3.14. The van der Waals surface area contributed by atoms with Gasteiger partial charge in [-0.15, -0.1) is 11.3 Å². The van der Waals surface area contributed by atoms with Gasteiger partial charge in [-0.2, -0.15) is 0 Å². The third kappa shape index (κ3) is 3.31. The van der Waals surface area contributed by atoms with E-state index in [4.69, 9.17) is 4.98 Å². The first-order chi connectivity index (χ1) is 12.5. The van der Waals surface area contributed by atoms with E-state index in [1.54, 1.807) is 23.5 Å². The van der Waals surface area contributed by atoms with Crippen LogP contribution < -0.4 is 5.56 Å². The number of aromatic amines is 1. The summed E-state index contributed by atoms with van der Waals surface area (Å²) in [5.74, 6) is 1.09. The average molecular weight is 371 g/mol. The van der Waals surface area contributed by atoms with Crippen molar-refractivity contribution in [2.24, 2.45) is 5.92 Å². The first-order valence-corrected chi connectivity index (χ1v) is 9.78. The molecule has 0 aliphatic heterocycles. The highest BCUT2D eigenvalue weighted by molar-refractivity contribution is 7.18. The van der Waals surface area contributed by atoms with E-state index < -0.39 is 0 Å². The van der Waals surface area contributed by atoms with Crippen LogP contribution in [0.15, 0.2) is 29.1 Å². The second-order valence-electron chi connectivity index (χ2n) is 7.31. The van der Waals surface area contributed by atoms with Crippen LogP contribution in [0.1, 0.15) is 35.2 Å². The van der Waals surface area contributed by atoms with Crippen molar-refractivity contribution >= 4 is 21.6 Å². The summed E-state index contributed by atoms with van der Waals surface area (Å²) in [5, 5.41) is 0.775. The number of nitrogens with zero attached hydrogens (tertiary/aromatic N) is 2. The fourth-order valence-electron chi connectivity index (χ4n) is 3.70. The molecule has 1 aromatic carbocycles. The fraction of sp³-hybridized carbons (Fsp3) is 0.400. The molecular weight excluding hydrogens is 349 g/mol. The largest absolute Gasteiger partial charge is 0.309 e. The van der Waals surface area contributed by atoms with Crippen molar-refractivity contribution in [3.63, 3.8) is 0 Å². The van der Waals surface area contributed by atoms with Gasteiger partial charge >= 0.3 is 0 Å². The maximum Gasteiger partial charge on any atom is 0.259 e. The molecule has 1 aliphatic rings. The Hall–Kier alpha value is -2.05. The Bertz CT molecular complexity index is 1010. The quantitative estimate of drug-likeness (QED) is 0.757. The van der Waals surface area contributed by atoms with Gasteiger partial charge in [-0.3, -0.25) is 9.69 Å². The van der Waals surface area contributed by atoms with Crippen molar-refractivity contribution in [3.8, 4) is 0 Å². The predicted octanol–water partition coefficient (Wildman–Crippen LogP) is 3.88. The Kier molecular flexibility index (Phi) is 4.63. The lowest BCUT2D eigenvalue weighted by Crippen LogP contribution is -2.22. The maximum atomic E-state index is 13.8. The smallest absolute Gasteiger partial charge is 0.259 e. The molecule has 0 saturated carbocycles. The van der Waals surface area contributed by atoms with Crippen LogP contribution in [-0.2, 0) is 25.9 Å². The number of aryl methyl sites for hydroxylation is 1. The number of benzene rings is 1. The van der Waals surface area contributed by atoms with Gasteiger partial charge in [-0.25, -0.2) is 9.37 Å². The van der Waals surface area contributed by atoms with E-state index in [9.17, 15) is 9.18 Å². The third-order valence-corrected chi connectivity index (χ3v) is 6.18. The molecule has 0 radical (unpaired) electrons. The summed E-state index contributed by atoms with van der Waals surface area (Å²) >= 11 is 1.66. The highest BCUT2D eigenvalue weighted by Crippen LogP contribution is 2.35. The van der Waals surface area contributed by atoms with Crippen LogP contribution in [0.3, 0.4) is 0 Å². The summed E-state index contributed by atoms with van der Waals surface area (Å²) in [7, 11) is 1.90. The summed E-state index contributed by atoms with van der Waals surface area (Å²) in [6.45, 7) is 3.19. The highest BCUT2D eigenvalue weighted by atomic mass is 32.1. The molecular formula is C20H22FN3OS. The molecule has 0 fully saturated rings. The number of hydrogen-bond acceptors (Lipinski definition) is 4. The molecule has 2 heterocycles. The minimum Gasteiger partial charge on any atom is -0.309 e. The number of H-pyrrole nitrogens is 1. The summed E-state index contributed by atoms with van der Waals surface area (Å²) in [4.78, 5) is 24.4. The first kappa shape index (κ1) is 17.4. The number of thiophene rings is 1. The molecule has 4 nitrogen and oxygen atoms in total. The zero-order valence-electron chi connectivity index (χ0n) is 15.0. The molecule has 3 aromatic rings. The molecule has 0 spiro atoms. The molecule has 1 aliphatic carbocycles. The minimum absolute atomic E-state index is 0.0451. The molecule has 1 atom stereocenters. The Morgan fingerprint density at radius 2 is 2.15 bits per heavy atom. The summed E-state index contributed by atoms with van der Waals surface area (Å²) < 4.78 is 13.8. The van der Waals surface area contributed by atoms with Crippen molar-refractivity contribution in [2.75, 3.05) is 7.05 Å². The van der Waals surface area contributed by atoms with Crippen molar-refractivity contribution < 1.29 is 4.39 Å². The molecule has 26 heavy (non-hydrogen) atoms. The van der Waals surface area contributed by atoms with E-state index in [2.05, 4.69) is 11.9 Å². The molecule has 6 heteroatoms. The monoisotopic (exact) mass is 371 g/mol. The number of hydrogen-bond donors (Lipinski definition) is 1. The van der Waals surface area contributed by atoms with Crippen LogP contribution in [0.4, 0.5) is 4.39 Å². The number of aromatic nitrogens is 2. The second-order valence-corrected chi connectivity index (χ2v) is 8.39. The van der Waals surface area contributed by atoms with Gasteiger partial charge in [0.15, 0.2) is 0 Å². The van der Waals surface area contributed by atoms with E-state index >= 15 is 0 Å². The second kappa shape index (κ2) is 6.93. The van der Waals surface area contributed by atoms with Crippen LogP contribution in [0.25, 0.3) is 10.2 Å². The van der Waals surface area contributed by atoms with Gasteiger partial charge in [0, 0.05) is 17.0 Å². The summed E-state index contributed by atoms with van der Waals surface area (Å²) in [6, 6.07) is 6.76. The van der Waals surface area contributed by atoms with Crippen LogP contribution in [0.2, 0.25) is 0 Å². The molecule has 4 rings (SSSR count). The van der Waals surface area contributed by atoms with Gasteiger partial charge in [0.25, 0.3) is 5.56 Å². The molecule has 1 N–H and O–H groups in total. The Balaban J connectivity index is 1.59. The molecule has 0 saturated heterocycles. The maximum absolute atomic E-state index is 13.8. The number of halogens is 1. The third-order valence-electron chi connectivity index (χ3n) is 5.03.